The van der Waals surface area contributed by atoms with Crippen LogP contribution in [0, 0.1) is 12.7 Å². The van der Waals surface area contributed by atoms with Gasteiger partial charge < -0.3 is 0 Å². The molecule has 0 spiro atoms. The van der Waals surface area contributed by atoms with Gasteiger partial charge >= 0.3 is 0 Å². The van der Waals surface area contributed by atoms with E-state index in [9.17, 15) is 9.18 Å². The Morgan fingerprint density at radius 3 is 2.61 bits per heavy atom. The molecule has 0 atom stereocenters. The van der Waals surface area contributed by atoms with E-state index in [4.69, 9.17) is 11.6 Å². The molecule has 0 saturated heterocycles. The molecule has 0 N–H and O–H groups in total. The number of benzene rings is 1. The van der Waals surface area contributed by atoms with E-state index in [1.165, 1.54) is 6.07 Å². The topological polar surface area (TPSA) is 34.9 Å². The first-order valence-corrected chi connectivity index (χ1v) is 7.75. The zero-order valence-corrected chi connectivity index (χ0v) is 13.9. The summed E-state index contributed by atoms with van der Waals surface area (Å²) in [4.78, 5) is 16.9. The fourth-order valence-electron chi connectivity index (χ4n) is 2.67. The van der Waals surface area contributed by atoms with Gasteiger partial charge in [-0.05, 0) is 36.1 Å². The molecule has 1 aromatic carbocycles. The number of halogens is 2. The van der Waals surface area contributed by atoms with Crippen molar-refractivity contribution in [3.8, 4) is 5.69 Å². The number of hydrogen-bond donors (Lipinski definition) is 0. The Balaban J connectivity index is 2.46. The summed E-state index contributed by atoms with van der Waals surface area (Å²) in [5.74, 6) is -0.573. The van der Waals surface area contributed by atoms with Crippen LogP contribution in [0.1, 0.15) is 30.9 Å². The van der Waals surface area contributed by atoms with Crippen molar-refractivity contribution in [2.45, 2.75) is 26.7 Å². The molecule has 0 fully saturated rings. The van der Waals surface area contributed by atoms with Crippen LogP contribution in [0.25, 0.3) is 16.6 Å². The summed E-state index contributed by atoms with van der Waals surface area (Å²) in [5, 5.41) is 0.0220. The molecule has 0 amide bonds. The maximum atomic E-state index is 13.8. The maximum Gasteiger partial charge on any atom is 0.264 e. The number of para-hydroxylation sites is 1. The fourth-order valence-corrected chi connectivity index (χ4v) is 2.81. The van der Waals surface area contributed by atoms with E-state index >= 15 is 0 Å². The molecule has 0 unspecified atom stereocenters. The predicted molar refractivity (Wildman–Crippen MR) is 91.1 cm³/mol. The van der Waals surface area contributed by atoms with Gasteiger partial charge in [-0.2, -0.15) is 0 Å². The van der Waals surface area contributed by atoms with E-state index in [2.05, 4.69) is 4.98 Å². The Morgan fingerprint density at radius 2 is 1.96 bits per heavy atom. The molecule has 118 valence electrons. The molecule has 0 aliphatic carbocycles. The van der Waals surface area contributed by atoms with Crippen LogP contribution in [0.5, 0.6) is 0 Å². The zero-order valence-electron chi connectivity index (χ0n) is 13.1. The summed E-state index contributed by atoms with van der Waals surface area (Å²) < 4.78 is 15.4. The molecule has 3 rings (SSSR count). The number of aryl methyl sites for hydroxylation is 1. The Labute approximate surface area is 138 Å². The number of aromatic nitrogens is 2. The Bertz CT molecular complexity index is 963. The van der Waals surface area contributed by atoms with Crippen molar-refractivity contribution in [1.82, 2.24) is 9.55 Å². The van der Waals surface area contributed by atoms with E-state index in [0.29, 0.717) is 5.52 Å². The number of nitrogens with zero attached hydrogens (tertiary/aromatic N) is 2. The molecule has 3 aromatic rings. The highest BCUT2D eigenvalue weighted by atomic mass is 35.5. The largest absolute Gasteiger partial charge is 0.283 e. The minimum atomic E-state index is -0.687. The van der Waals surface area contributed by atoms with E-state index in [0.717, 1.165) is 16.8 Å². The SMILES string of the molecule is Cc1ccccc1-n1cc(C(C)C)c2nc(Cl)c(F)cc2c1=O. The molecule has 23 heavy (non-hydrogen) atoms. The van der Waals surface area contributed by atoms with Crippen molar-refractivity contribution in [3.05, 3.63) is 69.0 Å². The van der Waals surface area contributed by atoms with E-state index in [1.54, 1.807) is 10.8 Å². The second-order valence-electron chi connectivity index (χ2n) is 5.86. The first-order chi connectivity index (χ1) is 10.9. The lowest BCUT2D eigenvalue weighted by atomic mass is 10.0. The average molecular weight is 331 g/mol. The zero-order chi connectivity index (χ0) is 16.7. The van der Waals surface area contributed by atoms with Crippen LogP contribution in [0.3, 0.4) is 0 Å². The molecule has 0 saturated carbocycles. The van der Waals surface area contributed by atoms with E-state index in [1.807, 2.05) is 45.0 Å². The summed E-state index contributed by atoms with van der Waals surface area (Å²) in [6.07, 6.45) is 1.78. The third-order valence-electron chi connectivity index (χ3n) is 3.92. The quantitative estimate of drug-likeness (QED) is 0.643. The fraction of sp³-hybridized carbons (Fsp3) is 0.222. The van der Waals surface area contributed by atoms with Crippen molar-refractivity contribution < 1.29 is 4.39 Å². The Hall–Kier alpha value is -2.20. The van der Waals surface area contributed by atoms with Crippen LogP contribution in [-0.4, -0.2) is 9.55 Å². The highest BCUT2D eigenvalue weighted by molar-refractivity contribution is 6.30. The van der Waals surface area contributed by atoms with Gasteiger partial charge in [0.25, 0.3) is 5.56 Å². The lowest BCUT2D eigenvalue weighted by Gasteiger charge is -2.15. The minimum absolute atomic E-state index is 0.113. The van der Waals surface area contributed by atoms with Crippen molar-refractivity contribution in [2.75, 3.05) is 0 Å². The summed E-state index contributed by atoms with van der Waals surface area (Å²) in [5.41, 5.74) is 2.75. The van der Waals surface area contributed by atoms with Gasteiger partial charge in [0.1, 0.15) is 0 Å². The van der Waals surface area contributed by atoms with Gasteiger partial charge in [-0.3, -0.25) is 9.36 Å². The number of fused-ring (bicyclic) bond motifs is 1. The number of hydrogen-bond acceptors (Lipinski definition) is 2. The van der Waals surface area contributed by atoms with Gasteiger partial charge in [0.2, 0.25) is 0 Å². The molecular formula is C18H16ClFN2O. The van der Waals surface area contributed by atoms with Crippen LogP contribution in [-0.2, 0) is 0 Å². The normalized spacial score (nSPS) is 11.4. The van der Waals surface area contributed by atoms with Crippen LogP contribution in [0.4, 0.5) is 4.39 Å². The molecular weight excluding hydrogens is 315 g/mol. The highest BCUT2D eigenvalue weighted by Crippen LogP contribution is 2.26. The van der Waals surface area contributed by atoms with Gasteiger partial charge in [-0.15, -0.1) is 0 Å². The van der Waals surface area contributed by atoms with Crippen LogP contribution in [0.2, 0.25) is 5.15 Å². The molecule has 2 heterocycles. The van der Waals surface area contributed by atoms with Crippen LogP contribution >= 0.6 is 11.6 Å². The van der Waals surface area contributed by atoms with Gasteiger partial charge in [0.15, 0.2) is 11.0 Å². The van der Waals surface area contributed by atoms with Crippen molar-refractivity contribution in [3.63, 3.8) is 0 Å². The summed E-state index contributed by atoms with van der Waals surface area (Å²) in [7, 11) is 0. The summed E-state index contributed by atoms with van der Waals surface area (Å²) in [6, 6.07) is 8.76. The molecule has 2 aromatic heterocycles. The maximum absolute atomic E-state index is 13.8. The third kappa shape index (κ3) is 2.63. The van der Waals surface area contributed by atoms with Gasteiger partial charge in [0.05, 0.1) is 16.6 Å². The lowest BCUT2D eigenvalue weighted by Crippen LogP contribution is -2.21. The highest BCUT2D eigenvalue weighted by Gasteiger charge is 2.17. The van der Waals surface area contributed by atoms with Crippen molar-refractivity contribution in [2.24, 2.45) is 0 Å². The molecule has 0 aliphatic heterocycles. The number of rotatable bonds is 2. The first-order valence-electron chi connectivity index (χ1n) is 7.37. The Kier molecular flexibility index (Phi) is 3.94. The molecule has 3 nitrogen and oxygen atoms in total. The summed E-state index contributed by atoms with van der Waals surface area (Å²) in [6.45, 7) is 5.93. The minimum Gasteiger partial charge on any atom is -0.283 e. The first kappa shape index (κ1) is 15.7. The van der Waals surface area contributed by atoms with E-state index in [-0.39, 0.29) is 22.0 Å². The summed E-state index contributed by atoms with van der Waals surface area (Å²) >= 11 is 5.80. The average Bonchev–Trinajstić information content (AvgIpc) is 2.50. The van der Waals surface area contributed by atoms with Crippen molar-refractivity contribution >= 4 is 22.5 Å². The second kappa shape index (κ2) is 5.78. The lowest BCUT2D eigenvalue weighted by molar-refractivity contribution is 0.624. The molecule has 5 heteroatoms. The van der Waals surface area contributed by atoms with Gasteiger partial charge in [0, 0.05) is 6.20 Å². The standard InChI is InChI=1S/C18H16ClFN2O/c1-10(2)13-9-22(15-7-5-4-6-11(15)3)18(23)12-8-14(20)17(19)21-16(12)13/h4-10H,1-3H3. The molecule has 0 radical (unpaired) electrons. The van der Waals surface area contributed by atoms with Crippen LogP contribution < -0.4 is 5.56 Å². The van der Waals surface area contributed by atoms with Gasteiger partial charge in [-0.1, -0.05) is 43.6 Å². The Morgan fingerprint density at radius 1 is 1.26 bits per heavy atom. The van der Waals surface area contributed by atoms with Crippen LogP contribution in [0.15, 0.2) is 41.3 Å². The molecule has 0 bridgehead atoms. The number of pyridine rings is 2. The van der Waals surface area contributed by atoms with Gasteiger partial charge in [-0.25, -0.2) is 9.37 Å². The third-order valence-corrected chi connectivity index (χ3v) is 4.19. The second-order valence-corrected chi connectivity index (χ2v) is 6.22. The smallest absolute Gasteiger partial charge is 0.264 e. The molecule has 0 aliphatic rings. The predicted octanol–water partition coefficient (Wildman–Crippen LogP) is 4.61. The van der Waals surface area contributed by atoms with E-state index < -0.39 is 5.82 Å². The van der Waals surface area contributed by atoms with Crippen molar-refractivity contribution in [1.29, 1.82) is 0 Å². The monoisotopic (exact) mass is 330 g/mol.